The molecule has 0 unspecified atom stereocenters. The average molecular weight is 334 g/mol. The van der Waals surface area contributed by atoms with E-state index in [-0.39, 0.29) is 12.0 Å². The number of methoxy groups -OCH3 is 1. The third-order valence-electron chi connectivity index (χ3n) is 3.22. The number of piperidine rings is 1. The van der Waals surface area contributed by atoms with Crippen molar-refractivity contribution in [1.29, 1.82) is 0 Å². The zero-order chi connectivity index (χ0) is 16.4. The number of carbonyl (C=O) groups excluding carboxylic acids is 2. The van der Waals surface area contributed by atoms with E-state index in [4.69, 9.17) is 4.74 Å². The van der Waals surface area contributed by atoms with Crippen LogP contribution in [-0.2, 0) is 29.8 Å². The maximum Gasteiger partial charge on any atom is 0.331 e. The highest BCUT2D eigenvalue weighted by Gasteiger charge is 2.21. The molecule has 0 aromatic rings. The van der Waals surface area contributed by atoms with Gasteiger partial charge in [-0.15, -0.1) is 0 Å². The molecule has 9 heteroatoms. The fourth-order valence-corrected chi connectivity index (χ4v) is 2.41. The van der Waals surface area contributed by atoms with Gasteiger partial charge >= 0.3 is 11.9 Å². The summed E-state index contributed by atoms with van der Waals surface area (Å²) in [5, 5.41) is 2.83. The lowest BCUT2D eigenvalue weighted by atomic mass is 10.1. The van der Waals surface area contributed by atoms with Gasteiger partial charge in [0, 0.05) is 38.3 Å². The van der Waals surface area contributed by atoms with Crippen LogP contribution in [-0.4, -0.2) is 70.5 Å². The van der Waals surface area contributed by atoms with Crippen LogP contribution in [0.5, 0.6) is 0 Å². The van der Waals surface area contributed by atoms with Gasteiger partial charge in [0.2, 0.25) is 0 Å². The fourth-order valence-electron chi connectivity index (χ4n) is 2.07. The van der Waals surface area contributed by atoms with Crippen molar-refractivity contribution in [2.75, 3.05) is 39.2 Å². The Bertz CT molecular complexity index is 461. The van der Waals surface area contributed by atoms with Crippen molar-refractivity contribution in [2.24, 2.45) is 0 Å². The van der Waals surface area contributed by atoms with Gasteiger partial charge in [0.25, 0.3) is 0 Å². The van der Waals surface area contributed by atoms with E-state index >= 15 is 0 Å². The second-order valence-electron chi connectivity index (χ2n) is 4.83. The smallest absolute Gasteiger partial charge is 0.331 e. The Kier molecular flexibility index (Phi) is 8.71. The predicted octanol–water partition coefficient (Wildman–Crippen LogP) is -1.12. The number of ether oxygens (including phenoxy) is 2. The summed E-state index contributed by atoms with van der Waals surface area (Å²) in [6.45, 7) is 2.93. The largest absolute Gasteiger partial charge is 0.466 e. The second kappa shape index (κ2) is 10.3. The highest BCUT2D eigenvalue weighted by molar-refractivity contribution is 7.72. The average Bonchev–Trinajstić information content (AvgIpc) is 2.50. The third-order valence-corrected chi connectivity index (χ3v) is 3.70. The summed E-state index contributed by atoms with van der Waals surface area (Å²) in [6.07, 6.45) is 3.37. The van der Waals surface area contributed by atoms with Crippen molar-refractivity contribution in [3.63, 3.8) is 0 Å². The van der Waals surface area contributed by atoms with Crippen LogP contribution in [0.25, 0.3) is 0 Å². The second-order valence-corrected chi connectivity index (χ2v) is 5.81. The molecular formula is C13H22N2O6S. The first-order valence-corrected chi connectivity index (χ1v) is 8.39. The Morgan fingerprint density at radius 2 is 1.86 bits per heavy atom. The lowest BCUT2D eigenvalue weighted by molar-refractivity contribution is -0.145. The normalized spacial score (nSPS) is 17.0. The van der Waals surface area contributed by atoms with Crippen molar-refractivity contribution in [2.45, 2.75) is 18.9 Å². The van der Waals surface area contributed by atoms with Crippen molar-refractivity contribution >= 4 is 22.6 Å². The van der Waals surface area contributed by atoms with Crippen LogP contribution < -0.4 is 5.32 Å². The van der Waals surface area contributed by atoms with E-state index in [1.165, 1.54) is 7.11 Å². The molecule has 0 spiro atoms. The first kappa shape index (κ1) is 18.6. The van der Waals surface area contributed by atoms with Gasteiger partial charge in [-0.3, -0.25) is 0 Å². The minimum atomic E-state index is -2.38. The van der Waals surface area contributed by atoms with Crippen molar-refractivity contribution in [1.82, 2.24) is 10.2 Å². The molecule has 0 saturated carbocycles. The summed E-state index contributed by atoms with van der Waals surface area (Å²) >= 11 is 0. The molecule has 1 heterocycles. The van der Waals surface area contributed by atoms with E-state index in [1.54, 1.807) is 0 Å². The molecule has 126 valence electrons. The summed E-state index contributed by atoms with van der Waals surface area (Å²) in [5.74, 6) is -1.15. The number of likely N-dealkylation sites (tertiary alicyclic amines) is 1. The van der Waals surface area contributed by atoms with E-state index in [0.29, 0.717) is 19.4 Å². The number of esters is 2. The summed E-state index contributed by atoms with van der Waals surface area (Å²) in [5.41, 5.74) is 0. The lowest BCUT2D eigenvalue weighted by Gasteiger charge is -2.31. The number of hydrogen-bond acceptors (Lipinski definition) is 8. The van der Waals surface area contributed by atoms with Crippen LogP contribution in [0.4, 0.5) is 0 Å². The SMILES string of the molecule is COC(=O)/C=C\C(=O)OC1CCN(CCNC[SH](=O)=O)CC1. The molecule has 0 aliphatic carbocycles. The summed E-state index contributed by atoms with van der Waals surface area (Å²) in [4.78, 5) is 24.5. The first-order chi connectivity index (χ1) is 10.5. The van der Waals surface area contributed by atoms with Gasteiger partial charge in [0.15, 0.2) is 10.7 Å². The zero-order valence-corrected chi connectivity index (χ0v) is 13.4. The Labute approximate surface area is 131 Å². The van der Waals surface area contributed by atoms with Gasteiger partial charge in [-0.05, 0) is 12.8 Å². The molecule has 1 rings (SSSR count). The molecular weight excluding hydrogens is 312 g/mol. The number of nitrogens with one attached hydrogen (secondary N) is 1. The Morgan fingerprint density at radius 1 is 1.23 bits per heavy atom. The van der Waals surface area contributed by atoms with Crippen LogP contribution in [0.2, 0.25) is 0 Å². The third kappa shape index (κ3) is 8.11. The fraction of sp³-hybridized carbons (Fsp3) is 0.692. The van der Waals surface area contributed by atoms with Gasteiger partial charge in [-0.2, -0.15) is 0 Å². The summed E-state index contributed by atoms with van der Waals surface area (Å²) < 4.78 is 30.4. The Morgan fingerprint density at radius 3 is 2.45 bits per heavy atom. The molecule has 0 amide bonds. The van der Waals surface area contributed by atoms with Crippen LogP contribution in [0.3, 0.4) is 0 Å². The van der Waals surface area contributed by atoms with Gasteiger partial charge in [0.1, 0.15) is 6.10 Å². The minimum absolute atomic E-state index is 0.00403. The monoisotopic (exact) mass is 334 g/mol. The molecule has 1 aliphatic heterocycles. The molecule has 8 nitrogen and oxygen atoms in total. The summed E-state index contributed by atoms with van der Waals surface area (Å²) in [7, 11) is -1.15. The van der Waals surface area contributed by atoms with E-state index in [1.807, 2.05) is 0 Å². The van der Waals surface area contributed by atoms with Crippen LogP contribution in [0.1, 0.15) is 12.8 Å². The van der Waals surface area contributed by atoms with Gasteiger partial charge in [-0.25, -0.2) is 18.0 Å². The number of rotatable bonds is 8. The molecule has 1 fully saturated rings. The van der Waals surface area contributed by atoms with Crippen LogP contribution in [0.15, 0.2) is 12.2 Å². The number of thiol groups is 1. The number of nitrogens with zero attached hydrogens (tertiary/aromatic N) is 1. The van der Waals surface area contributed by atoms with E-state index in [0.717, 1.165) is 31.8 Å². The molecule has 0 atom stereocenters. The molecule has 1 aliphatic rings. The van der Waals surface area contributed by atoms with Gasteiger partial charge < -0.3 is 19.7 Å². The molecule has 1 N–H and O–H groups in total. The van der Waals surface area contributed by atoms with Gasteiger partial charge in [-0.1, -0.05) is 0 Å². The molecule has 0 radical (unpaired) electrons. The minimum Gasteiger partial charge on any atom is -0.466 e. The van der Waals surface area contributed by atoms with Crippen molar-refractivity contribution in [3.8, 4) is 0 Å². The topological polar surface area (TPSA) is 102 Å². The Hall–Kier alpha value is -1.45. The lowest BCUT2D eigenvalue weighted by Crippen LogP contribution is -2.41. The maximum atomic E-state index is 11.5. The predicted molar refractivity (Wildman–Crippen MR) is 79.9 cm³/mol. The number of carbonyl (C=O) groups is 2. The maximum absolute atomic E-state index is 11.5. The van der Waals surface area contributed by atoms with Crippen molar-refractivity contribution in [3.05, 3.63) is 12.2 Å². The zero-order valence-electron chi connectivity index (χ0n) is 12.5. The summed E-state index contributed by atoms with van der Waals surface area (Å²) in [6, 6.07) is 0. The molecule has 0 aromatic carbocycles. The van der Waals surface area contributed by atoms with E-state index in [2.05, 4.69) is 15.0 Å². The Balaban J connectivity index is 2.18. The molecule has 0 aromatic heterocycles. The highest BCUT2D eigenvalue weighted by atomic mass is 32.2. The van der Waals surface area contributed by atoms with Crippen LogP contribution >= 0.6 is 0 Å². The molecule has 1 saturated heterocycles. The van der Waals surface area contributed by atoms with Crippen LogP contribution in [0, 0.1) is 0 Å². The number of hydrogen-bond donors (Lipinski definition) is 2. The van der Waals surface area contributed by atoms with Crippen molar-refractivity contribution < 1.29 is 27.5 Å². The molecule has 22 heavy (non-hydrogen) atoms. The van der Waals surface area contributed by atoms with E-state index < -0.39 is 22.6 Å². The standard InChI is InChI=1S/C13H22N2O6S/c1-20-12(16)2-3-13(17)21-11-4-7-15(8-5-11)9-6-14-10-22(18)19/h2-3,11,14,22H,4-10H2,1H3/b3-2-. The molecule has 0 bridgehead atoms. The van der Waals surface area contributed by atoms with E-state index in [9.17, 15) is 18.0 Å². The quantitative estimate of drug-likeness (QED) is 0.249. The highest BCUT2D eigenvalue weighted by Crippen LogP contribution is 2.13. The van der Waals surface area contributed by atoms with Gasteiger partial charge in [0.05, 0.1) is 13.0 Å². The first-order valence-electron chi connectivity index (χ1n) is 7.02.